The van der Waals surface area contributed by atoms with Crippen molar-refractivity contribution >= 4 is 5.78 Å². The molecule has 0 aromatic rings. The molecule has 0 aromatic heterocycles. The van der Waals surface area contributed by atoms with Crippen LogP contribution in [0, 0.1) is 0 Å². The SMILES string of the molecule is C[C@H]1CC(=O)C[C@H](O)O1. The van der Waals surface area contributed by atoms with Gasteiger partial charge in [-0.25, -0.2) is 0 Å². The number of carbonyl (C=O) groups is 1. The third kappa shape index (κ3) is 1.77. The summed E-state index contributed by atoms with van der Waals surface area (Å²) >= 11 is 0. The van der Waals surface area contributed by atoms with Gasteiger partial charge in [-0.15, -0.1) is 0 Å². The van der Waals surface area contributed by atoms with Gasteiger partial charge in [0.05, 0.1) is 12.5 Å². The fourth-order valence-corrected chi connectivity index (χ4v) is 0.963. The molecule has 0 aliphatic carbocycles. The van der Waals surface area contributed by atoms with Crippen LogP contribution in [0.1, 0.15) is 19.8 Å². The molecule has 1 rings (SSSR count). The Labute approximate surface area is 53.6 Å². The molecule has 9 heavy (non-hydrogen) atoms. The second-order valence-electron chi connectivity index (χ2n) is 2.35. The van der Waals surface area contributed by atoms with Gasteiger partial charge >= 0.3 is 0 Å². The molecular weight excluding hydrogens is 120 g/mol. The van der Waals surface area contributed by atoms with E-state index in [4.69, 9.17) is 9.84 Å². The Morgan fingerprint density at radius 1 is 1.67 bits per heavy atom. The highest BCUT2D eigenvalue weighted by Crippen LogP contribution is 2.12. The van der Waals surface area contributed by atoms with E-state index in [1.165, 1.54) is 0 Å². The predicted molar refractivity (Wildman–Crippen MR) is 30.8 cm³/mol. The summed E-state index contributed by atoms with van der Waals surface area (Å²) in [6, 6.07) is 0. The van der Waals surface area contributed by atoms with E-state index in [0.29, 0.717) is 6.42 Å². The summed E-state index contributed by atoms with van der Waals surface area (Å²) in [5, 5.41) is 8.81. The minimum absolute atomic E-state index is 0.0845. The highest BCUT2D eigenvalue weighted by molar-refractivity contribution is 5.79. The Hall–Kier alpha value is -0.410. The Kier molecular flexibility index (Phi) is 1.83. The van der Waals surface area contributed by atoms with Crippen molar-refractivity contribution in [3.8, 4) is 0 Å². The molecule has 1 N–H and O–H groups in total. The molecule has 0 spiro atoms. The topological polar surface area (TPSA) is 46.5 Å². The first-order chi connectivity index (χ1) is 4.18. The lowest BCUT2D eigenvalue weighted by Gasteiger charge is -2.22. The molecule has 1 aliphatic heterocycles. The number of ether oxygens (including phenoxy) is 1. The molecule has 0 radical (unpaired) electrons. The molecule has 1 aliphatic rings. The van der Waals surface area contributed by atoms with Crippen LogP contribution >= 0.6 is 0 Å². The van der Waals surface area contributed by atoms with Crippen LogP contribution in [-0.4, -0.2) is 23.3 Å². The summed E-state index contributed by atoms with van der Waals surface area (Å²) in [6.45, 7) is 1.78. The van der Waals surface area contributed by atoms with Gasteiger partial charge in [0.25, 0.3) is 0 Å². The lowest BCUT2D eigenvalue weighted by atomic mass is 10.1. The van der Waals surface area contributed by atoms with Crippen LogP contribution in [-0.2, 0) is 9.53 Å². The number of aliphatic hydroxyl groups is 1. The lowest BCUT2D eigenvalue weighted by molar-refractivity contribution is -0.168. The number of carbonyl (C=O) groups excluding carboxylic acids is 1. The summed E-state index contributed by atoms with van der Waals surface area (Å²) < 4.78 is 4.89. The zero-order chi connectivity index (χ0) is 6.85. The van der Waals surface area contributed by atoms with Crippen LogP contribution in [0.5, 0.6) is 0 Å². The lowest BCUT2D eigenvalue weighted by Crippen LogP contribution is -2.30. The molecule has 0 aromatic carbocycles. The van der Waals surface area contributed by atoms with Crippen molar-refractivity contribution < 1.29 is 14.6 Å². The van der Waals surface area contributed by atoms with E-state index < -0.39 is 6.29 Å². The van der Waals surface area contributed by atoms with Crippen LogP contribution in [0.2, 0.25) is 0 Å². The highest BCUT2D eigenvalue weighted by atomic mass is 16.6. The molecular formula is C6H10O3. The fourth-order valence-electron chi connectivity index (χ4n) is 0.963. The smallest absolute Gasteiger partial charge is 0.161 e. The van der Waals surface area contributed by atoms with Crippen molar-refractivity contribution in [3.05, 3.63) is 0 Å². The normalized spacial score (nSPS) is 36.9. The Bertz CT molecular complexity index is 109. The largest absolute Gasteiger partial charge is 0.368 e. The van der Waals surface area contributed by atoms with Crippen molar-refractivity contribution in [1.29, 1.82) is 0 Å². The van der Waals surface area contributed by atoms with Gasteiger partial charge in [-0.3, -0.25) is 4.79 Å². The molecule has 52 valence electrons. The Morgan fingerprint density at radius 2 is 2.33 bits per heavy atom. The minimum atomic E-state index is -0.860. The molecule has 1 heterocycles. The molecule has 0 saturated carbocycles. The second-order valence-corrected chi connectivity index (χ2v) is 2.35. The molecule has 3 heteroatoms. The van der Waals surface area contributed by atoms with E-state index in [2.05, 4.69) is 0 Å². The van der Waals surface area contributed by atoms with Crippen LogP contribution in [0.4, 0.5) is 0 Å². The van der Waals surface area contributed by atoms with Crippen LogP contribution < -0.4 is 0 Å². The number of hydrogen-bond donors (Lipinski definition) is 1. The van der Waals surface area contributed by atoms with Crippen molar-refractivity contribution in [2.24, 2.45) is 0 Å². The first kappa shape index (κ1) is 6.71. The van der Waals surface area contributed by atoms with E-state index in [9.17, 15) is 4.79 Å². The average Bonchev–Trinajstić information content (AvgIpc) is 1.59. The summed E-state index contributed by atoms with van der Waals surface area (Å²) in [4.78, 5) is 10.6. The quantitative estimate of drug-likeness (QED) is 0.505. The Balaban J connectivity index is 2.43. The summed E-state index contributed by atoms with van der Waals surface area (Å²) in [5.74, 6) is 0.0845. The third-order valence-electron chi connectivity index (χ3n) is 1.31. The molecule has 2 atom stereocenters. The van der Waals surface area contributed by atoms with Gasteiger partial charge in [0, 0.05) is 6.42 Å². The predicted octanol–water partition coefficient (Wildman–Crippen LogP) is 0.0728. The van der Waals surface area contributed by atoms with Gasteiger partial charge in [0.2, 0.25) is 0 Å². The number of rotatable bonds is 0. The number of hydrogen-bond acceptors (Lipinski definition) is 3. The van der Waals surface area contributed by atoms with Crippen molar-refractivity contribution in [2.45, 2.75) is 32.2 Å². The highest BCUT2D eigenvalue weighted by Gasteiger charge is 2.22. The summed E-state index contributed by atoms with van der Waals surface area (Å²) in [6.07, 6.45) is -0.371. The zero-order valence-corrected chi connectivity index (χ0v) is 5.33. The standard InChI is InChI=1S/C6H10O3/c1-4-2-5(7)3-6(8)9-4/h4,6,8H,2-3H2,1H3/t4-,6+/m0/s1. The van der Waals surface area contributed by atoms with Crippen molar-refractivity contribution in [3.63, 3.8) is 0 Å². The first-order valence-electron chi connectivity index (χ1n) is 3.03. The van der Waals surface area contributed by atoms with Crippen molar-refractivity contribution in [2.75, 3.05) is 0 Å². The molecule has 1 fully saturated rings. The van der Waals surface area contributed by atoms with Gasteiger partial charge in [0.1, 0.15) is 5.78 Å². The maximum absolute atomic E-state index is 10.6. The maximum atomic E-state index is 10.6. The third-order valence-corrected chi connectivity index (χ3v) is 1.31. The Morgan fingerprint density at radius 3 is 2.78 bits per heavy atom. The van der Waals surface area contributed by atoms with Gasteiger partial charge < -0.3 is 9.84 Å². The van der Waals surface area contributed by atoms with Crippen LogP contribution in [0.15, 0.2) is 0 Å². The van der Waals surface area contributed by atoms with Gasteiger partial charge in [-0.1, -0.05) is 0 Å². The van der Waals surface area contributed by atoms with Crippen LogP contribution in [0.25, 0.3) is 0 Å². The molecule has 3 nitrogen and oxygen atoms in total. The van der Waals surface area contributed by atoms with E-state index in [1.54, 1.807) is 6.92 Å². The van der Waals surface area contributed by atoms with Gasteiger partial charge in [0.15, 0.2) is 6.29 Å². The summed E-state index contributed by atoms with van der Waals surface area (Å²) in [7, 11) is 0. The molecule has 1 saturated heterocycles. The second kappa shape index (κ2) is 2.45. The maximum Gasteiger partial charge on any atom is 0.161 e. The van der Waals surface area contributed by atoms with E-state index in [1.807, 2.05) is 0 Å². The van der Waals surface area contributed by atoms with E-state index in [-0.39, 0.29) is 18.3 Å². The minimum Gasteiger partial charge on any atom is -0.368 e. The van der Waals surface area contributed by atoms with Crippen LogP contribution in [0.3, 0.4) is 0 Å². The zero-order valence-electron chi connectivity index (χ0n) is 5.33. The molecule has 0 unspecified atom stereocenters. The number of Topliss-reactive ketones (excluding diaryl/α,β-unsaturated/α-hetero) is 1. The van der Waals surface area contributed by atoms with Gasteiger partial charge in [-0.05, 0) is 6.92 Å². The fraction of sp³-hybridized carbons (Fsp3) is 0.833. The van der Waals surface area contributed by atoms with Gasteiger partial charge in [-0.2, -0.15) is 0 Å². The van der Waals surface area contributed by atoms with E-state index >= 15 is 0 Å². The molecule has 0 amide bonds. The molecule has 0 bridgehead atoms. The average molecular weight is 130 g/mol. The number of ketones is 1. The number of aliphatic hydroxyl groups excluding tert-OH is 1. The summed E-state index contributed by atoms with van der Waals surface area (Å²) in [5.41, 5.74) is 0. The van der Waals surface area contributed by atoms with Crippen molar-refractivity contribution in [1.82, 2.24) is 0 Å². The monoisotopic (exact) mass is 130 g/mol. The van der Waals surface area contributed by atoms with E-state index in [0.717, 1.165) is 0 Å². The first-order valence-corrected chi connectivity index (χ1v) is 3.03.